The lowest BCUT2D eigenvalue weighted by atomic mass is 10.1. The minimum atomic E-state index is 0.0367. The summed E-state index contributed by atoms with van der Waals surface area (Å²) < 4.78 is 7.08. The van der Waals surface area contributed by atoms with Crippen molar-refractivity contribution in [1.29, 1.82) is 0 Å². The Morgan fingerprint density at radius 3 is 2.96 bits per heavy atom. The number of benzene rings is 1. The van der Waals surface area contributed by atoms with Crippen LogP contribution in [-0.4, -0.2) is 28.9 Å². The monoisotopic (exact) mass is 357 g/mol. The van der Waals surface area contributed by atoms with E-state index in [0.717, 1.165) is 22.7 Å². The van der Waals surface area contributed by atoms with Crippen LogP contribution in [0, 0.1) is 0 Å². The van der Waals surface area contributed by atoms with Gasteiger partial charge in [-0.15, -0.1) is 0 Å². The number of aromatic nitrogens is 2. The van der Waals surface area contributed by atoms with Gasteiger partial charge < -0.3 is 14.5 Å². The number of aryl methyl sites for hydroxylation is 1. The first-order valence-electron chi connectivity index (χ1n) is 8.17. The highest BCUT2D eigenvalue weighted by molar-refractivity contribution is 6.30. The molecular formula is C19H20ClN3O2. The van der Waals surface area contributed by atoms with E-state index in [4.69, 9.17) is 16.3 Å². The quantitative estimate of drug-likeness (QED) is 0.706. The number of rotatable bonds is 7. The molecule has 0 saturated heterocycles. The number of methoxy groups -OCH3 is 1. The molecule has 1 N–H and O–H groups in total. The molecule has 25 heavy (non-hydrogen) atoms. The van der Waals surface area contributed by atoms with Gasteiger partial charge in [0.2, 0.25) is 5.91 Å². The molecular weight excluding hydrogens is 338 g/mol. The second-order valence-electron chi connectivity index (χ2n) is 5.80. The maximum absolute atomic E-state index is 12.0. The topological polar surface area (TPSA) is 55.6 Å². The molecule has 130 valence electrons. The minimum Gasteiger partial charge on any atom is -0.497 e. The molecule has 2 aromatic heterocycles. The number of ether oxygens (including phenoxy) is 1. The predicted octanol–water partition coefficient (Wildman–Crippen LogP) is 3.29. The molecule has 0 aliphatic carbocycles. The molecule has 0 saturated carbocycles. The molecule has 0 radical (unpaired) electrons. The summed E-state index contributed by atoms with van der Waals surface area (Å²) in [6, 6.07) is 11.5. The van der Waals surface area contributed by atoms with Crippen LogP contribution in [-0.2, 0) is 17.6 Å². The van der Waals surface area contributed by atoms with Crippen molar-refractivity contribution in [1.82, 2.24) is 14.7 Å². The SMILES string of the molecule is COc1cccc(CCC(=O)NCCc2cn3cc(Cl)ccc3n2)c1. The van der Waals surface area contributed by atoms with Crippen molar-refractivity contribution in [3.8, 4) is 5.75 Å². The van der Waals surface area contributed by atoms with E-state index in [1.54, 1.807) is 7.11 Å². The summed E-state index contributed by atoms with van der Waals surface area (Å²) in [5, 5.41) is 3.61. The van der Waals surface area contributed by atoms with Crippen LogP contribution in [0.3, 0.4) is 0 Å². The third-order valence-electron chi connectivity index (χ3n) is 3.94. The Morgan fingerprint density at radius 2 is 2.12 bits per heavy atom. The maximum Gasteiger partial charge on any atom is 0.220 e. The molecule has 0 aliphatic heterocycles. The van der Waals surface area contributed by atoms with Gasteiger partial charge in [0.05, 0.1) is 17.8 Å². The Labute approximate surface area is 151 Å². The summed E-state index contributed by atoms with van der Waals surface area (Å²) in [4.78, 5) is 16.5. The number of fused-ring (bicyclic) bond motifs is 1. The predicted molar refractivity (Wildman–Crippen MR) is 98.2 cm³/mol. The lowest BCUT2D eigenvalue weighted by molar-refractivity contribution is -0.121. The van der Waals surface area contributed by atoms with Gasteiger partial charge in [-0.3, -0.25) is 4.79 Å². The van der Waals surface area contributed by atoms with E-state index in [-0.39, 0.29) is 5.91 Å². The van der Waals surface area contributed by atoms with Crippen LogP contribution in [0.4, 0.5) is 0 Å². The van der Waals surface area contributed by atoms with Crippen molar-refractivity contribution in [3.63, 3.8) is 0 Å². The van der Waals surface area contributed by atoms with Crippen molar-refractivity contribution in [3.05, 3.63) is 65.1 Å². The second-order valence-corrected chi connectivity index (χ2v) is 6.23. The van der Waals surface area contributed by atoms with Crippen molar-refractivity contribution >= 4 is 23.2 Å². The fourth-order valence-corrected chi connectivity index (χ4v) is 2.81. The largest absolute Gasteiger partial charge is 0.497 e. The van der Waals surface area contributed by atoms with Crippen molar-refractivity contribution in [2.24, 2.45) is 0 Å². The van der Waals surface area contributed by atoms with Gasteiger partial charge in [-0.05, 0) is 36.2 Å². The first-order valence-corrected chi connectivity index (χ1v) is 8.54. The Kier molecular flexibility index (Phi) is 5.56. The van der Waals surface area contributed by atoms with Crippen molar-refractivity contribution < 1.29 is 9.53 Å². The van der Waals surface area contributed by atoms with E-state index in [9.17, 15) is 4.79 Å². The lowest BCUT2D eigenvalue weighted by Crippen LogP contribution is -2.25. The smallest absolute Gasteiger partial charge is 0.220 e. The Morgan fingerprint density at radius 1 is 1.24 bits per heavy atom. The Balaban J connectivity index is 1.45. The van der Waals surface area contributed by atoms with Gasteiger partial charge >= 0.3 is 0 Å². The van der Waals surface area contributed by atoms with Crippen molar-refractivity contribution in [2.45, 2.75) is 19.3 Å². The zero-order valence-electron chi connectivity index (χ0n) is 14.0. The van der Waals surface area contributed by atoms with Gasteiger partial charge in [-0.2, -0.15) is 0 Å². The zero-order valence-corrected chi connectivity index (χ0v) is 14.8. The highest BCUT2D eigenvalue weighted by Crippen LogP contribution is 2.14. The number of nitrogens with zero attached hydrogens (tertiary/aromatic N) is 2. The molecule has 6 heteroatoms. The summed E-state index contributed by atoms with van der Waals surface area (Å²) >= 11 is 5.96. The average Bonchev–Trinajstić information content (AvgIpc) is 3.02. The molecule has 1 aromatic carbocycles. The number of carbonyl (C=O) groups is 1. The third kappa shape index (κ3) is 4.73. The van der Waals surface area contributed by atoms with Crippen LogP contribution in [0.1, 0.15) is 17.7 Å². The third-order valence-corrected chi connectivity index (χ3v) is 4.17. The molecule has 0 unspecified atom stereocenters. The number of amides is 1. The van der Waals surface area contributed by atoms with E-state index in [1.165, 1.54) is 0 Å². The molecule has 2 heterocycles. The molecule has 1 amide bonds. The second kappa shape index (κ2) is 8.03. The molecule has 0 aliphatic rings. The standard InChI is InChI=1S/C19H20ClN3O2/c1-25-17-4-2-3-14(11-17)5-8-19(24)21-10-9-16-13-23-12-15(20)6-7-18(23)22-16/h2-4,6-7,11-13H,5,8-10H2,1H3,(H,21,24). The molecule has 3 rings (SSSR count). The number of pyridine rings is 1. The molecule has 3 aromatic rings. The van der Waals surface area contributed by atoms with Gasteiger partial charge in [0.15, 0.2) is 0 Å². The first-order chi connectivity index (χ1) is 12.1. The normalized spacial score (nSPS) is 10.8. The summed E-state index contributed by atoms with van der Waals surface area (Å²) in [6.45, 7) is 0.564. The number of imidazole rings is 1. The van der Waals surface area contributed by atoms with E-state index in [2.05, 4.69) is 10.3 Å². The van der Waals surface area contributed by atoms with Gasteiger partial charge in [-0.25, -0.2) is 4.98 Å². The fourth-order valence-electron chi connectivity index (χ4n) is 2.64. The highest BCUT2D eigenvalue weighted by atomic mass is 35.5. The molecule has 0 fully saturated rings. The van der Waals surface area contributed by atoms with E-state index in [0.29, 0.717) is 30.8 Å². The van der Waals surface area contributed by atoms with Crippen LogP contribution in [0.5, 0.6) is 5.75 Å². The van der Waals surface area contributed by atoms with Gasteiger partial charge in [0.1, 0.15) is 11.4 Å². The molecule has 5 nitrogen and oxygen atoms in total. The Hall–Kier alpha value is -2.53. The van der Waals surface area contributed by atoms with Crippen LogP contribution >= 0.6 is 11.6 Å². The first kappa shape index (κ1) is 17.3. The summed E-state index contributed by atoms with van der Waals surface area (Å²) in [7, 11) is 1.64. The number of nitrogens with one attached hydrogen (secondary N) is 1. The van der Waals surface area contributed by atoms with Gasteiger partial charge in [0, 0.05) is 31.8 Å². The van der Waals surface area contributed by atoms with Crippen LogP contribution in [0.25, 0.3) is 5.65 Å². The summed E-state index contributed by atoms with van der Waals surface area (Å²) in [5.74, 6) is 0.847. The number of hydrogen-bond acceptors (Lipinski definition) is 3. The Bertz CT molecular complexity index is 876. The van der Waals surface area contributed by atoms with Crippen LogP contribution in [0.15, 0.2) is 48.8 Å². The number of hydrogen-bond donors (Lipinski definition) is 1. The maximum atomic E-state index is 12.0. The van der Waals surface area contributed by atoms with E-state index >= 15 is 0 Å². The summed E-state index contributed by atoms with van der Waals surface area (Å²) in [6.07, 6.45) is 5.58. The zero-order chi connectivity index (χ0) is 17.6. The lowest BCUT2D eigenvalue weighted by Gasteiger charge is -2.06. The van der Waals surface area contributed by atoms with Crippen molar-refractivity contribution in [2.75, 3.05) is 13.7 Å². The fraction of sp³-hybridized carbons (Fsp3) is 0.263. The van der Waals surface area contributed by atoms with E-state index in [1.807, 2.05) is 53.2 Å². The molecule has 0 bridgehead atoms. The average molecular weight is 358 g/mol. The van der Waals surface area contributed by atoms with Crippen LogP contribution in [0.2, 0.25) is 5.02 Å². The highest BCUT2D eigenvalue weighted by Gasteiger charge is 2.05. The minimum absolute atomic E-state index is 0.0367. The van der Waals surface area contributed by atoms with Gasteiger partial charge in [-0.1, -0.05) is 23.7 Å². The number of carbonyl (C=O) groups excluding carboxylic acids is 1. The molecule has 0 spiro atoms. The summed E-state index contributed by atoms with van der Waals surface area (Å²) in [5.41, 5.74) is 2.87. The van der Waals surface area contributed by atoms with Crippen LogP contribution < -0.4 is 10.1 Å². The van der Waals surface area contributed by atoms with E-state index < -0.39 is 0 Å². The van der Waals surface area contributed by atoms with Gasteiger partial charge in [0.25, 0.3) is 0 Å². The molecule has 0 atom stereocenters. The number of halogens is 1.